The minimum atomic E-state index is -0.737. The minimum Gasteiger partial charge on any atom is -0.346 e. The molecule has 1 heterocycles. The molecule has 1 fully saturated rings. The molecule has 0 bridgehead atoms. The van der Waals surface area contributed by atoms with Crippen LogP contribution in [0.5, 0.6) is 0 Å². The van der Waals surface area contributed by atoms with Gasteiger partial charge in [0.15, 0.2) is 0 Å². The number of nitrogens with one attached hydrogen (secondary N) is 1. The van der Waals surface area contributed by atoms with Gasteiger partial charge in [0.25, 0.3) is 0 Å². The van der Waals surface area contributed by atoms with E-state index in [1.807, 2.05) is 20.0 Å². The second-order valence-corrected chi connectivity index (χ2v) is 6.42. The van der Waals surface area contributed by atoms with E-state index < -0.39 is 5.54 Å². The van der Waals surface area contributed by atoms with Crippen molar-refractivity contribution in [1.82, 2.24) is 10.3 Å². The Morgan fingerprint density at radius 3 is 2.89 bits per heavy atom. The molecule has 4 nitrogen and oxygen atoms in total. The summed E-state index contributed by atoms with van der Waals surface area (Å²) in [5.74, 6) is 0.276. The number of nitrogens with zero attached hydrogens (tertiary/aromatic N) is 1. The lowest BCUT2D eigenvalue weighted by Crippen LogP contribution is -2.53. The molecule has 3 N–H and O–H groups in total. The Hall–Kier alpha value is -0.940. The third-order valence-electron chi connectivity index (χ3n) is 3.55. The first-order valence-corrected chi connectivity index (χ1v) is 7.31. The van der Waals surface area contributed by atoms with Crippen LogP contribution in [-0.2, 0) is 11.2 Å². The van der Waals surface area contributed by atoms with Crippen LogP contribution in [0.15, 0.2) is 6.20 Å². The van der Waals surface area contributed by atoms with Crippen LogP contribution in [0, 0.1) is 5.92 Å². The first-order chi connectivity index (χ1) is 8.45. The minimum absolute atomic E-state index is 0.0641. The molecule has 1 saturated carbocycles. The Morgan fingerprint density at radius 1 is 1.72 bits per heavy atom. The number of carbonyl (C=O) groups excluding carboxylic acids is 1. The Balaban J connectivity index is 1.98. The third-order valence-corrected chi connectivity index (χ3v) is 4.88. The molecule has 100 valence electrons. The molecule has 1 aromatic rings. The van der Waals surface area contributed by atoms with E-state index in [1.165, 1.54) is 4.88 Å². The number of hydrogen-bond acceptors (Lipinski definition) is 4. The lowest BCUT2D eigenvalue weighted by atomic mass is 9.96. The predicted octanol–water partition coefficient (Wildman–Crippen LogP) is 2.01. The number of nitrogens with two attached hydrogens (primary N) is 1. The van der Waals surface area contributed by atoms with Crippen molar-refractivity contribution < 1.29 is 4.79 Å². The lowest BCUT2D eigenvalue weighted by molar-refractivity contribution is -0.127. The molecule has 0 radical (unpaired) electrons. The van der Waals surface area contributed by atoms with Crippen molar-refractivity contribution in [2.24, 2.45) is 11.7 Å². The summed E-state index contributed by atoms with van der Waals surface area (Å²) in [7, 11) is 0. The summed E-state index contributed by atoms with van der Waals surface area (Å²) in [4.78, 5) is 17.7. The number of carbonyl (C=O) groups is 1. The first kappa shape index (κ1) is 13.5. The summed E-state index contributed by atoms with van der Waals surface area (Å²) < 4.78 is 0. The zero-order valence-electron chi connectivity index (χ0n) is 11.2. The van der Waals surface area contributed by atoms with Gasteiger partial charge in [-0.15, -0.1) is 11.3 Å². The third kappa shape index (κ3) is 2.72. The van der Waals surface area contributed by atoms with Gasteiger partial charge in [-0.3, -0.25) is 4.79 Å². The van der Waals surface area contributed by atoms with Crippen LogP contribution in [-0.4, -0.2) is 16.4 Å². The van der Waals surface area contributed by atoms with Crippen molar-refractivity contribution in [1.29, 1.82) is 0 Å². The van der Waals surface area contributed by atoms with Gasteiger partial charge in [-0.2, -0.15) is 0 Å². The Labute approximate surface area is 112 Å². The highest BCUT2D eigenvalue weighted by Gasteiger charge is 2.44. The normalized spacial score (nSPS) is 20.2. The van der Waals surface area contributed by atoms with Crippen molar-refractivity contribution in [3.05, 3.63) is 16.1 Å². The summed E-state index contributed by atoms with van der Waals surface area (Å²) >= 11 is 1.65. The van der Waals surface area contributed by atoms with E-state index in [0.29, 0.717) is 5.92 Å². The van der Waals surface area contributed by atoms with Gasteiger partial charge in [-0.1, -0.05) is 6.92 Å². The van der Waals surface area contributed by atoms with Crippen molar-refractivity contribution in [3.8, 4) is 0 Å². The molecule has 18 heavy (non-hydrogen) atoms. The maximum absolute atomic E-state index is 12.1. The van der Waals surface area contributed by atoms with Gasteiger partial charge in [0.1, 0.15) is 5.01 Å². The van der Waals surface area contributed by atoms with E-state index in [1.54, 1.807) is 11.3 Å². The average molecular weight is 267 g/mol. The van der Waals surface area contributed by atoms with E-state index in [-0.39, 0.29) is 11.9 Å². The van der Waals surface area contributed by atoms with Crippen molar-refractivity contribution in [3.63, 3.8) is 0 Å². The van der Waals surface area contributed by atoms with E-state index in [9.17, 15) is 4.79 Å². The maximum atomic E-state index is 12.1. The topological polar surface area (TPSA) is 68.0 Å². The number of hydrogen-bond donors (Lipinski definition) is 2. The fourth-order valence-electron chi connectivity index (χ4n) is 1.97. The molecule has 5 heteroatoms. The van der Waals surface area contributed by atoms with Crippen molar-refractivity contribution >= 4 is 17.2 Å². The molecule has 2 atom stereocenters. The zero-order valence-corrected chi connectivity index (χ0v) is 12.0. The summed E-state index contributed by atoms with van der Waals surface area (Å²) in [5, 5.41) is 3.93. The van der Waals surface area contributed by atoms with Crippen LogP contribution in [0.4, 0.5) is 0 Å². The fourth-order valence-corrected chi connectivity index (χ4v) is 2.83. The molecular weight excluding hydrogens is 246 g/mol. The molecule has 0 aliphatic heterocycles. The summed E-state index contributed by atoms with van der Waals surface area (Å²) in [6.07, 6.45) is 4.98. The molecule has 2 rings (SSSR count). The number of rotatable bonds is 5. The van der Waals surface area contributed by atoms with Gasteiger partial charge in [-0.25, -0.2) is 4.98 Å². The van der Waals surface area contributed by atoms with Crippen LogP contribution in [0.3, 0.4) is 0 Å². The smallest absolute Gasteiger partial charge is 0.240 e. The van der Waals surface area contributed by atoms with Crippen molar-refractivity contribution in [2.75, 3.05) is 0 Å². The number of thiazole rings is 1. The van der Waals surface area contributed by atoms with Crippen LogP contribution in [0.2, 0.25) is 0 Å². The maximum Gasteiger partial charge on any atom is 0.240 e. The van der Waals surface area contributed by atoms with Gasteiger partial charge in [0.05, 0.1) is 11.6 Å². The second kappa shape index (κ2) is 4.97. The van der Waals surface area contributed by atoms with Gasteiger partial charge < -0.3 is 11.1 Å². The van der Waals surface area contributed by atoms with Gasteiger partial charge >= 0.3 is 0 Å². The predicted molar refractivity (Wildman–Crippen MR) is 73.4 cm³/mol. The van der Waals surface area contributed by atoms with Crippen molar-refractivity contribution in [2.45, 2.75) is 51.6 Å². The number of aryl methyl sites for hydroxylation is 1. The largest absolute Gasteiger partial charge is 0.346 e. The van der Waals surface area contributed by atoms with Crippen LogP contribution in [0.1, 0.15) is 49.5 Å². The van der Waals surface area contributed by atoms with Crippen LogP contribution < -0.4 is 11.1 Å². The zero-order chi connectivity index (χ0) is 13.3. The van der Waals surface area contributed by atoms with Crippen LogP contribution in [0.25, 0.3) is 0 Å². The van der Waals surface area contributed by atoms with Gasteiger partial charge in [0.2, 0.25) is 5.91 Å². The SMILES string of the molecule is CCc1cnc(C(C)NC(=O)C(C)(N)C2CC2)s1. The quantitative estimate of drug-likeness (QED) is 0.857. The molecule has 0 aromatic carbocycles. The van der Waals surface area contributed by atoms with E-state index in [0.717, 1.165) is 24.3 Å². The standard InChI is InChI=1S/C13H21N3OS/c1-4-10-7-15-11(18-10)8(2)16-12(17)13(3,14)9-5-6-9/h7-9H,4-6,14H2,1-3H3,(H,16,17). The first-order valence-electron chi connectivity index (χ1n) is 6.49. The Morgan fingerprint density at radius 2 is 2.39 bits per heavy atom. The van der Waals surface area contributed by atoms with Gasteiger partial charge in [0, 0.05) is 11.1 Å². The lowest BCUT2D eigenvalue weighted by Gasteiger charge is -2.25. The Bertz CT molecular complexity index is 437. The average Bonchev–Trinajstić information content (AvgIpc) is 3.08. The highest BCUT2D eigenvalue weighted by molar-refractivity contribution is 7.11. The monoisotopic (exact) mass is 267 g/mol. The molecule has 1 aromatic heterocycles. The second-order valence-electron chi connectivity index (χ2n) is 5.27. The highest BCUT2D eigenvalue weighted by Crippen LogP contribution is 2.38. The molecule has 2 unspecified atom stereocenters. The number of amides is 1. The van der Waals surface area contributed by atoms with Crippen LogP contribution >= 0.6 is 11.3 Å². The van der Waals surface area contributed by atoms with E-state index >= 15 is 0 Å². The van der Waals surface area contributed by atoms with Gasteiger partial charge in [-0.05, 0) is 39.0 Å². The highest BCUT2D eigenvalue weighted by atomic mass is 32.1. The van der Waals surface area contributed by atoms with E-state index in [2.05, 4.69) is 17.2 Å². The summed E-state index contributed by atoms with van der Waals surface area (Å²) in [6, 6.07) is -0.0653. The Kier molecular flexibility index (Phi) is 3.73. The van der Waals surface area contributed by atoms with E-state index in [4.69, 9.17) is 5.73 Å². The summed E-state index contributed by atoms with van der Waals surface area (Å²) in [5.41, 5.74) is 5.36. The molecule has 1 aliphatic rings. The molecular formula is C13H21N3OS. The molecule has 1 amide bonds. The molecule has 0 saturated heterocycles. The number of aromatic nitrogens is 1. The fraction of sp³-hybridized carbons (Fsp3) is 0.692. The molecule has 0 spiro atoms. The summed E-state index contributed by atoms with van der Waals surface area (Å²) in [6.45, 7) is 5.88. The molecule has 1 aliphatic carbocycles.